The summed E-state index contributed by atoms with van der Waals surface area (Å²) in [5.41, 5.74) is 4.98. The van der Waals surface area contributed by atoms with Gasteiger partial charge in [-0.1, -0.05) is 0 Å². The molecule has 0 aliphatic heterocycles. The van der Waals surface area contributed by atoms with E-state index in [1.165, 1.54) is 24.8 Å². The van der Waals surface area contributed by atoms with E-state index < -0.39 is 0 Å². The summed E-state index contributed by atoms with van der Waals surface area (Å²) in [7, 11) is 0. The average molecular weight is 575 g/mol. The van der Waals surface area contributed by atoms with Crippen LogP contribution in [0.4, 0.5) is 0 Å². The molecule has 1 atom stereocenters. The number of halogens is 2. The van der Waals surface area contributed by atoms with Gasteiger partial charge in [-0.3, -0.25) is 0 Å². The molecule has 0 radical (unpaired) electrons. The van der Waals surface area contributed by atoms with Crippen LogP contribution in [-0.4, -0.2) is 5.92 Å². The molecule has 1 aromatic rings. The Morgan fingerprint density at radius 1 is 1.16 bits per heavy atom. The molecule has 2 rings (SSSR count). The smallest absolute Gasteiger partial charge is 1.00 e. The fourth-order valence-electron chi connectivity index (χ4n) is 2.52. The van der Waals surface area contributed by atoms with Crippen molar-refractivity contribution in [2.45, 2.75) is 42.9 Å². The maximum atomic E-state index is 2.55. The summed E-state index contributed by atoms with van der Waals surface area (Å²) < 4.78 is 0.924. The molecule has 1 aromatic carbocycles. The SMILES string of the molecule is CCCCC1=Cc2ccccc2[CH]1[Zr+2][SiH](C)C.[I-].[I-]. The Kier molecular flexibility index (Phi) is 11.1. The zero-order valence-electron chi connectivity index (χ0n) is 11.9. The molecule has 0 saturated carbocycles. The molecule has 0 spiro atoms. The van der Waals surface area contributed by atoms with Crippen LogP contribution in [0.3, 0.4) is 0 Å². The van der Waals surface area contributed by atoms with Gasteiger partial charge in [0, 0.05) is 0 Å². The molecule has 0 fully saturated rings. The number of unbranched alkanes of at least 4 members (excludes halogenated alkanes) is 1. The third kappa shape index (κ3) is 5.67. The van der Waals surface area contributed by atoms with E-state index in [-0.39, 0.29) is 76.3 Å². The first kappa shape index (κ1) is 20.5. The van der Waals surface area contributed by atoms with Crippen LogP contribution in [0.2, 0.25) is 13.1 Å². The van der Waals surface area contributed by atoms with Crippen LogP contribution < -0.4 is 48.0 Å². The fourth-order valence-corrected chi connectivity index (χ4v) is 12.6. The van der Waals surface area contributed by atoms with Crippen molar-refractivity contribution in [2.24, 2.45) is 0 Å². The van der Waals surface area contributed by atoms with Crippen molar-refractivity contribution in [2.75, 3.05) is 0 Å². The quantitative estimate of drug-likeness (QED) is 0.293. The minimum atomic E-state index is -0.326. The minimum Gasteiger partial charge on any atom is -1.00 e. The zero-order valence-corrected chi connectivity index (χ0v) is 19.8. The van der Waals surface area contributed by atoms with E-state index in [4.69, 9.17) is 0 Å². The number of hydrogen-bond acceptors (Lipinski definition) is 0. The molecule has 0 amide bonds. The van der Waals surface area contributed by atoms with Crippen molar-refractivity contribution in [1.82, 2.24) is 0 Å². The first-order valence-electron chi connectivity index (χ1n) is 6.77. The Hall–Kier alpha value is 1.52. The van der Waals surface area contributed by atoms with Crippen molar-refractivity contribution in [3.63, 3.8) is 0 Å². The molecule has 4 heteroatoms. The normalized spacial score (nSPS) is 16.0. The number of benzene rings is 1. The summed E-state index contributed by atoms with van der Waals surface area (Å²) >= 11 is -0.188. The van der Waals surface area contributed by atoms with Crippen LogP contribution in [-0.2, 0) is 22.4 Å². The van der Waals surface area contributed by atoms with Crippen LogP contribution in [0.5, 0.6) is 0 Å². The first-order chi connectivity index (χ1) is 8.22. The maximum Gasteiger partial charge on any atom is -1.00 e. The van der Waals surface area contributed by atoms with Gasteiger partial charge in [0.2, 0.25) is 0 Å². The van der Waals surface area contributed by atoms with Gasteiger partial charge in [0.25, 0.3) is 0 Å². The number of rotatable bonds is 5. The van der Waals surface area contributed by atoms with Crippen molar-refractivity contribution in [1.29, 1.82) is 0 Å². The second-order valence-corrected chi connectivity index (χ2v) is 20.2. The summed E-state index contributed by atoms with van der Waals surface area (Å²) in [6, 6.07) is 9.10. The molecule has 104 valence electrons. The van der Waals surface area contributed by atoms with Crippen LogP contribution >= 0.6 is 0 Å². The van der Waals surface area contributed by atoms with E-state index in [0.717, 1.165) is 3.63 Å². The van der Waals surface area contributed by atoms with E-state index in [1.807, 2.05) is 0 Å². The average Bonchev–Trinajstić information content (AvgIpc) is 2.64. The molecule has 0 N–H and O–H groups in total. The number of hydrogen-bond donors (Lipinski definition) is 0. The summed E-state index contributed by atoms with van der Waals surface area (Å²) in [6.45, 7) is 7.39. The first-order valence-corrected chi connectivity index (χ1v) is 15.3. The van der Waals surface area contributed by atoms with E-state index in [0.29, 0.717) is 0 Å². The maximum absolute atomic E-state index is 2.55. The topological polar surface area (TPSA) is 0 Å². The molecule has 1 aliphatic rings. The molecule has 0 bridgehead atoms. The third-order valence-corrected chi connectivity index (χ3v) is 13.4. The summed E-state index contributed by atoms with van der Waals surface area (Å²) in [5.74, 6) is -0.326. The van der Waals surface area contributed by atoms with Crippen LogP contribution in [0.15, 0.2) is 29.8 Å². The molecule has 0 saturated heterocycles. The van der Waals surface area contributed by atoms with Crippen molar-refractivity contribution >= 4 is 12.0 Å². The summed E-state index contributed by atoms with van der Waals surface area (Å²) in [6.07, 6.45) is 6.55. The second kappa shape index (κ2) is 10.3. The predicted octanol–water partition coefficient (Wildman–Crippen LogP) is -1.61. The molecule has 19 heavy (non-hydrogen) atoms. The Bertz CT molecular complexity index is 418. The van der Waals surface area contributed by atoms with Crippen LogP contribution in [0.25, 0.3) is 6.08 Å². The van der Waals surface area contributed by atoms with E-state index in [1.54, 1.807) is 11.1 Å². The van der Waals surface area contributed by atoms with Gasteiger partial charge in [-0.05, 0) is 0 Å². The molecular formula is C15H22I2SiZr. The van der Waals surface area contributed by atoms with Gasteiger partial charge in [0.05, 0.1) is 0 Å². The Morgan fingerprint density at radius 2 is 1.84 bits per heavy atom. The summed E-state index contributed by atoms with van der Waals surface area (Å²) in [4.78, 5) is 0. The van der Waals surface area contributed by atoms with Gasteiger partial charge in [-0.15, -0.1) is 0 Å². The van der Waals surface area contributed by atoms with E-state index in [2.05, 4.69) is 50.4 Å². The van der Waals surface area contributed by atoms with Crippen LogP contribution in [0.1, 0.15) is 40.9 Å². The van der Waals surface area contributed by atoms with Crippen molar-refractivity contribution < 1.29 is 70.3 Å². The van der Waals surface area contributed by atoms with Gasteiger partial charge >= 0.3 is 118 Å². The largest absolute Gasteiger partial charge is 1.00 e. The molecule has 0 nitrogen and oxygen atoms in total. The molecule has 1 unspecified atom stereocenters. The number of fused-ring (bicyclic) bond motifs is 1. The molecule has 0 heterocycles. The van der Waals surface area contributed by atoms with Gasteiger partial charge in [-0.2, -0.15) is 0 Å². The fraction of sp³-hybridized carbons (Fsp3) is 0.467. The van der Waals surface area contributed by atoms with Crippen LogP contribution in [0, 0.1) is 0 Å². The van der Waals surface area contributed by atoms with Gasteiger partial charge in [-0.25, -0.2) is 0 Å². The van der Waals surface area contributed by atoms with E-state index in [9.17, 15) is 0 Å². The Morgan fingerprint density at radius 3 is 2.47 bits per heavy atom. The van der Waals surface area contributed by atoms with Gasteiger partial charge in [0.15, 0.2) is 0 Å². The van der Waals surface area contributed by atoms with Gasteiger partial charge in [0.1, 0.15) is 0 Å². The number of allylic oxidation sites excluding steroid dienone is 1. The zero-order chi connectivity index (χ0) is 12.3. The summed E-state index contributed by atoms with van der Waals surface area (Å²) in [5, 5.41) is 0. The predicted molar refractivity (Wildman–Crippen MR) is 75.6 cm³/mol. The van der Waals surface area contributed by atoms with Crippen molar-refractivity contribution in [3.8, 4) is 0 Å². The van der Waals surface area contributed by atoms with E-state index >= 15 is 0 Å². The Balaban J connectivity index is 0.00000162. The standard InChI is InChI=1S/C13H15.C2H7Si.2HI.Zr/c1-2-3-6-11-9-12-7-4-5-8-13(12)10-11;1-3-2;;;/h4-5,7-10H,2-3,6H2,1H3;3H,1-2H3;2*1H;/q;;;;+2/p-2. The molecule has 0 aromatic heterocycles. The molecule has 1 aliphatic carbocycles. The van der Waals surface area contributed by atoms with Gasteiger partial charge < -0.3 is 48.0 Å². The second-order valence-electron chi connectivity index (χ2n) is 5.21. The monoisotopic (exact) mass is 574 g/mol. The third-order valence-electron chi connectivity index (χ3n) is 3.34. The Labute approximate surface area is 164 Å². The van der Waals surface area contributed by atoms with Crippen molar-refractivity contribution in [3.05, 3.63) is 41.0 Å². The molecular weight excluding hydrogens is 553 g/mol. The minimum absolute atomic E-state index is 0.